The Kier molecular flexibility index (Phi) is 3.58. The summed E-state index contributed by atoms with van der Waals surface area (Å²) in [6.45, 7) is 2.97. The molecule has 0 aliphatic heterocycles. The fourth-order valence-corrected chi connectivity index (χ4v) is 3.25. The molecule has 1 aliphatic rings. The molecule has 0 amide bonds. The van der Waals surface area contributed by atoms with Gasteiger partial charge in [0.05, 0.1) is 17.1 Å². The summed E-state index contributed by atoms with van der Waals surface area (Å²) in [4.78, 5) is 0. The smallest absolute Gasteiger partial charge is 0.132 e. The minimum absolute atomic E-state index is 0.0500. The molecule has 1 aliphatic carbocycles. The van der Waals surface area contributed by atoms with E-state index in [0.29, 0.717) is 5.02 Å². The number of aliphatic hydroxyl groups is 1. The molecule has 1 heterocycles. The maximum Gasteiger partial charge on any atom is 0.132 e. The lowest BCUT2D eigenvalue weighted by atomic mass is 9.99. The summed E-state index contributed by atoms with van der Waals surface area (Å²) in [5.41, 5.74) is 5.72. The van der Waals surface area contributed by atoms with Gasteiger partial charge in [-0.3, -0.25) is 0 Å². The third kappa shape index (κ3) is 2.62. The molecule has 3 aromatic rings. The van der Waals surface area contributed by atoms with Crippen molar-refractivity contribution >= 4 is 22.6 Å². The zero-order valence-electron chi connectivity index (χ0n) is 13.0. The molecular formula is C18H18ClN3O. The molecule has 0 atom stereocenters. The van der Waals surface area contributed by atoms with Crippen LogP contribution in [0.15, 0.2) is 30.3 Å². The van der Waals surface area contributed by atoms with Gasteiger partial charge in [-0.15, -0.1) is 5.10 Å². The first-order chi connectivity index (χ1) is 11.2. The van der Waals surface area contributed by atoms with Crippen LogP contribution >= 0.6 is 11.6 Å². The van der Waals surface area contributed by atoms with Crippen LogP contribution in [-0.4, -0.2) is 20.1 Å². The number of aliphatic hydroxyl groups excluding tert-OH is 1. The minimum atomic E-state index is 0.0500. The SMILES string of the molecule is Cc1cc(-c2ccc3c(nnn3CC3CC3)c2Cl)ccc1CO. The maximum absolute atomic E-state index is 9.31. The Balaban J connectivity index is 1.78. The highest BCUT2D eigenvalue weighted by Gasteiger charge is 2.23. The van der Waals surface area contributed by atoms with Gasteiger partial charge in [0.15, 0.2) is 0 Å². The third-order valence-electron chi connectivity index (χ3n) is 4.58. The first-order valence-corrected chi connectivity index (χ1v) is 8.27. The summed E-state index contributed by atoms with van der Waals surface area (Å²) in [6, 6.07) is 10.1. The minimum Gasteiger partial charge on any atom is -0.392 e. The zero-order valence-corrected chi connectivity index (χ0v) is 13.7. The van der Waals surface area contributed by atoms with E-state index in [2.05, 4.69) is 10.3 Å². The summed E-state index contributed by atoms with van der Waals surface area (Å²) in [5, 5.41) is 18.5. The number of hydrogen-bond acceptors (Lipinski definition) is 3. The molecule has 4 nitrogen and oxygen atoms in total. The number of aromatic nitrogens is 3. The lowest BCUT2D eigenvalue weighted by molar-refractivity contribution is 0.281. The van der Waals surface area contributed by atoms with Crippen LogP contribution in [0.25, 0.3) is 22.2 Å². The molecule has 4 rings (SSSR count). The number of rotatable bonds is 4. The van der Waals surface area contributed by atoms with Crippen molar-refractivity contribution in [3.05, 3.63) is 46.5 Å². The van der Waals surface area contributed by atoms with Crippen molar-refractivity contribution in [1.82, 2.24) is 15.0 Å². The summed E-state index contributed by atoms with van der Waals surface area (Å²) >= 11 is 6.60. The summed E-state index contributed by atoms with van der Waals surface area (Å²) in [6.07, 6.45) is 2.56. The van der Waals surface area contributed by atoms with Crippen LogP contribution in [-0.2, 0) is 13.2 Å². The average molecular weight is 328 g/mol. The maximum atomic E-state index is 9.31. The second-order valence-electron chi connectivity index (χ2n) is 6.31. The molecule has 0 spiro atoms. The number of halogens is 1. The van der Waals surface area contributed by atoms with Gasteiger partial charge >= 0.3 is 0 Å². The predicted octanol–water partition coefficient (Wildman–Crippen LogP) is 3.96. The molecule has 5 heteroatoms. The highest BCUT2D eigenvalue weighted by Crippen LogP contribution is 2.36. The first kappa shape index (κ1) is 14.7. The van der Waals surface area contributed by atoms with E-state index in [1.807, 2.05) is 41.9 Å². The van der Waals surface area contributed by atoms with Crippen LogP contribution in [0.3, 0.4) is 0 Å². The zero-order chi connectivity index (χ0) is 16.0. The number of hydrogen-bond donors (Lipinski definition) is 1. The van der Waals surface area contributed by atoms with Gasteiger partial charge in [-0.2, -0.15) is 0 Å². The Hall–Kier alpha value is -1.91. The number of fused-ring (bicyclic) bond motifs is 1. The normalized spacial score (nSPS) is 14.6. The van der Waals surface area contributed by atoms with Gasteiger partial charge in [0, 0.05) is 12.1 Å². The Morgan fingerprint density at radius 1 is 1.26 bits per heavy atom. The Morgan fingerprint density at radius 3 is 2.78 bits per heavy atom. The first-order valence-electron chi connectivity index (χ1n) is 7.90. The largest absolute Gasteiger partial charge is 0.392 e. The van der Waals surface area contributed by atoms with Gasteiger partial charge in [0.25, 0.3) is 0 Å². The van der Waals surface area contributed by atoms with Gasteiger partial charge in [0.2, 0.25) is 0 Å². The molecule has 118 valence electrons. The van der Waals surface area contributed by atoms with Crippen LogP contribution in [0.2, 0.25) is 5.02 Å². The van der Waals surface area contributed by atoms with Gasteiger partial charge < -0.3 is 5.11 Å². The molecule has 1 N–H and O–H groups in total. The van der Waals surface area contributed by atoms with Gasteiger partial charge in [-0.05, 0) is 48.4 Å². The van der Waals surface area contributed by atoms with E-state index in [4.69, 9.17) is 11.6 Å². The van der Waals surface area contributed by atoms with Crippen molar-refractivity contribution in [3.63, 3.8) is 0 Å². The van der Waals surface area contributed by atoms with E-state index < -0.39 is 0 Å². The molecule has 1 saturated carbocycles. The monoisotopic (exact) mass is 327 g/mol. The van der Waals surface area contributed by atoms with Crippen LogP contribution in [0.1, 0.15) is 24.0 Å². The standard InChI is InChI=1S/C18H18ClN3O/c1-11-8-13(4-5-14(11)10-23)15-6-7-16-18(17(15)19)20-21-22(16)9-12-2-3-12/h4-8,12,23H,2-3,9-10H2,1H3. The Labute approximate surface area is 139 Å². The van der Waals surface area contributed by atoms with Crippen molar-refractivity contribution in [2.45, 2.75) is 32.9 Å². The van der Waals surface area contributed by atoms with Gasteiger partial charge in [0.1, 0.15) is 5.52 Å². The molecule has 0 saturated heterocycles. The van der Waals surface area contributed by atoms with E-state index in [9.17, 15) is 5.11 Å². The Morgan fingerprint density at radius 2 is 2.09 bits per heavy atom. The second-order valence-corrected chi connectivity index (χ2v) is 6.69. The van der Waals surface area contributed by atoms with Crippen LogP contribution in [0.5, 0.6) is 0 Å². The van der Waals surface area contributed by atoms with E-state index in [1.165, 1.54) is 12.8 Å². The van der Waals surface area contributed by atoms with Crippen LogP contribution in [0, 0.1) is 12.8 Å². The lowest BCUT2D eigenvalue weighted by Gasteiger charge is -2.09. The average Bonchev–Trinajstić information content (AvgIpc) is 3.27. The fourth-order valence-electron chi connectivity index (χ4n) is 2.95. The van der Waals surface area contributed by atoms with Crippen molar-refractivity contribution in [2.24, 2.45) is 5.92 Å². The molecule has 0 unspecified atom stereocenters. The molecule has 1 aromatic heterocycles. The number of aryl methyl sites for hydroxylation is 1. The highest BCUT2D eigenvalue weighted by atomic mass is 35.5. The quantitative estimate of drug-likeness (QED) is 0.789. The van der Waals surface area contributed by atoms with Crippen molar-refractivity contribution in [2.75, 3.05) is 0 Å². The molecular weight excluding hydrogens is 310 g/mol. The molecule has 23 heavy (non-hydrogen) atoms. The lowest BCUT2D eigenvalue weighted by Crippen LogP contribution is -2.01. The summed E-state index contributed by atoms with van der Waals surface area (Å²) in [7, 11) is 0. The summed E-state index contributed by atoms with van der Waals surface area (Å²) in [5.74, 6) is 0.743. The van der Waals surface area contributed by atoms with Gasteiger partial charge in [-0.25, -0.2) is 4.68 Å². The van der Waals surface area contributed by atoms with E-state index >= 15 is 0 Å². The molecule has 1 fully saturated rings. The van der Waals surface area contributed by atoms with Crippen LogP contribution in [0.4, 0.5) is 0 Å². The van der Waals surface area contributed by atoms with Crippen LogP contribution < -0.4 is 0 Å². The van der Waals surface area contributed by atoms with E-state index in [-0.39, 0.29) is 6.61 Å². The molecule has 0 bridgehead atoms. The van der Waals surface area contributed by atoms with Crippen molar-refractivity contribution < 1.29 is 5.11 Å². The van der Waals surface area contributed by atoms with Crippen molar-refractivity contribution in [1.29, 1.82) is 0 Å². The Bertz CT molecular complexity index is 883. The fraction of sp³-hybridized carbons (Fsp3) is 0.333. The number of benzene rings is 2. The second kappa shape index (κ2) is 5.62. The highest BCUT2D eigenvalue weighted by molar-refractivity contribution is 6.37. The van der Waals surface area contributed by atoms with Crippen molar-refractivity contribution in [3.8, 4) is 11.1 Å². The topological polar surface area (TPSA) is 50.9 Å². The van der Waals surface area contributed by atoms with Gasteiger partial charge in [-0.1, -0.05) is 41.1 Å². The van der Waals surface area contributed by atoms with E-state index in [0.717, 1.165) is 45.7 Å². The predicted molar refractivity (Wildman–Crippen MR) is 91.4 cm³/mol. The van der Waals surface area contributed by atoms with E-state index in [1.54, 1.807) is 0 Å². The summed E-state index contributed by atoms with van der Waals surface area (Å²) < 4.78 is 1.96. The number of nitrogens with zero attached hydrogens (tertiary/aromatic N) is 3. The molecule has 2 aromatic carbocycles. The molecule has 0 radical (unpaired) electrons. The third-order valence-corrected chi connectivity index (χ3v) is 4.96.